The van der Waals surface area contributed by atoms with Gasteiger partial charge in [-0.2, -0.15) is 0 Å². The van der Waals surface area contributed by atoms with E-state index in [0.717, 1.165) is 46.5 Å². The van der Waals surface area contributed by atoms with Crippen LogP contribution >= 0.6 is 27.3 Å². The third-order valence-electron chi connectivity index (χ3n) is 4.79. The van der Waals surface area contributed by atoms with Crippen LogP contribution in [0.1, 0.15) is 16.9 Å². The minimum atomic E-state index is -0.810. The molecule has 0 saturated carbocycles. The minimum Gasteiger partial charge on any atom is -0.463 e. The summed E-state index contributed by atoms with van der Waals surface area (Å²) in [5.74, 6) is 1.42. The molecule has 2 aromatic carbocycles. The van der Waals surface area contributed by atoms with Crippen LogP contribution in [0.15, 0.2) is 59.3 Å². The van der Waals surface area contributed by atoms with Gasteiger partial charge in [0, 0.05) is 11.4 Å². The van der Waals surface area contributed by atoms with Crippen molar-refractivity contribution in [3.8, 4) is 16.9 Å². The van der Waals surface area contributed by atoms with Gasteiger partial charge in [0.2, 0.25) is 6.86 Å². The average Bonchev–Trinajstić information content (AvgIpc) is 3.12. The number of aromatic nitrogens is 2. The van der Waals surface area contributed by atoms with Gasteiger partial charge >= 0.3 is 0 Å². The fraction of sp³-hybridized carbons (Fsp3) is 0.217. The summed E-state index contributed by atoms with van der Waals surface area (Å²) in [6.45, 7) is 2.11. The highest BCUT2D eigenvalue weighted by Gasteiger charge is 2.09. The van der Waals surface area contributed by atoms with Crippen molar-refractivity contribution in [3.63, 3.8) is 0 Å². The van der Waals surface area contributed by atoms with E-state index in [-0.39, 0.29) is 0 Å². The van der Waals surface area contributed by atoms with E-state index >= 15 is 0 Å². The fourth-order valence-electron chi connectivity index (χ4n) is 3.32. The molecule has 0 saturated heterocycles. The number of thiophene rings is 1. The maximum absolute atomic E-state index is 12.2. The first-order valence-corrected chi connectivity index (χ1v) is 11.3. The van der Waals surface area contributed by atoms with Gasteiger partial charge in [-0.05, 0) is 70.6 Å². The predicted octanol–water partition coefficient (Wildman–Crippen LogP) is 6.78. The van der Waals surface area contributed by atoms with Crippen molar-refractivity contribution in [1.82, 2.24) is 9.97 Å². The molecule has 30 heavy (non-hydrogen) atoms. The lowest BCUT2D eigenvalue weighted by Gasteiger charge is -2.08. The molecule has 0 aliphatic carbocycles. The zero-order valence-electron chi connectivity index (χ0n) is 16.5. The largest absolute Gasteiger partial charge is 0.463 e. The van der Waals surface area contributed by atoms with Crippen molar-refractivity contribution >= 4 is 43.3 Å². The molecule has 2 aromatic heterocycles. The van der Waals surface area contributed by atoms with Crippen molar-refractivity contribution in [2.24, 2.45) is 0 Å². The van der Waals surface area contributed by atoms with Gasteiger partial charge in [0.1, 0.15) is 16.4 Å². The molecular weight excluding hydrogens is 465 g/mol. The molecule has 1 N–H and O–H groups in total. The number of aryl methyl sites for hydroxylation is 2. The standard InChI is InChI=1S/C23H21BrFN3OS/c1-15-13-20-21(27-23(24)28-22(20)30-15)26-12-2-3-16-4-6-17(7-5-16)18-8-10-19(11-9-18)29-14-25/h4-11,13H,2-3,12,14H2,1H3,(H,26,27,28). The summed E-state index contributed by atoms with van der Waals surface area (Å²) >= 11 is 5.07. The molecule has 0 amide bonds. The van der Waals surface area contributed by atoms with E-state index in [4.69, 9.17) is 4.74 Å². The van der Waals surface area contributed by atoms with Crippen molar-refractivity contribution in [2.75, 3.05) is 18.7 Å². The van der Waals surface area contributed by atoms with Crippen LogP contribution in [0.2, 0.25) is 0 Å². The lowest BCUT2D eigenvalue weighted by molar-refractivity contribution is 0.192. The van der Waals surface area contributed by atoms with Gasteiger partial charge in [0.25, 0.3) is 0 Å². The molecule has 4 aromatic rings. The molecular formula is C23H21BrFN3OS. The average molecular weight is 486 g/mol. The Balaban J connectivity index is 1.33. The number of nitrogens with zero attached hydrogens (tertiary/aromatic N) is 2. The first kappa shape index (κ1) is 20.8. The molecule has 0 aliphatic heterocycles. The number of hydrogen-bond acceptors (Lipinski definition) is 5. The molecule has 4 rings (SSSR count). The molecule has 0 atom stereocenters. The van der Waals surface area contributed by atoms with E-state index in [2.05, 4.69) is 68.5 Å². The summed E-state index contributed by atoms with van der Waals surface area (Å²) in [4.78, 5) is 11.2. The molecule has 7 heteroatoms. The molecule has 0 spiro atoms. The van der Waals surface area contributed by atoms with Gasteiger partial charge in [0.15, 0.2) is 4.73 Å². The molecule has 0 radical (unpaired) electrons. The lowest BCUT2D eigenvalue weighted by Crippen LogP contribution is -2.05. The summed E-state index contributed by atoms with van der Waals surface area (Å²) in [7, 11) is 0. The Kier molecular flexibility index (Phi) is 6.59. The number of ether oxygens (including phenoxy) is 1. The van der Waals surface area contributed by atoms with E-state index < -0.39 is 6.86 Å². The van der Waals surface area contributed by atoms with Crippen LogP contribution in [0.3, 0.4) is 0 Å². The van der Waals surface area contributed by atoms with Crippen LogP contribution in [0, 0.1) is 6.92 Å². The maximum Gasteiger partial charge on any atom is 0.228 e. The quantitative estimate of drug-likeness (QED) is 0.220. The van der Waals surface area contributed by atoms with Gasteiger partial charge < -0.3 is 10.1 Å². The fourth-order valence-corrected chi connectivity index (χ4v) is 4.67. The third-order valence-corrected chi connectivity index (χ3v) is 6.09. The number of hydrogen-bond donors (Lipinski definition) is 1. The van der Waals surface area contributed by atoms with Crippen molar-refractivity contribution in [1.29, 1.82) is 0 Å². The zero-order chi connectivity index (χ0) is 20.9. The van der Waals surface area contributed by atoms with E-state index in [0.29, 0.717) is 10.5 Å². The number of fused-ring (bicyclic) bond motifs is 1. The van der Waals surface area contributed by atoms with E-state index in [1.54, 1.807) is 23.5 Å². The maximum atomic E-state index is 12.2. The number of halogens is 2. The van der Waals surface area contributed by atoms with Gasteiger partial charge in [0.05, 0.1) is 5.39 Å². The molecule has 0 fully saturated rings. The predicted molar refractivity (Wildman–Crippen MR) is 125 cm³/mol. The molecule has 154 valence electrons. The number of benzene rings is 2. The van der Waals surface area contributed by atoms with Crippen LogP contribution in [0.5, 0.6) is 5.75 Å². The summed E-state index contributed by atoms with van der Waals surface area (Å²) < 4.78 is 17.7. The van der Waals surface area contributed by atoms with Crippen LogP contribution < -0.4 is 10.1 Å². The number of anilines is 1. The summed E-state index contributed by atoms with van der Waals surface area (Å²) in [6.07, 6.45) is 1.98. The Morgan fingerprint density at radius 3 is 2.43 bits per heavy atom. The Hall–Kier alpha value is -2.51. The second kappa shape index (κ2) is 9.53. The Labute approximate surface area is 187 Å². The second-order valence-electron chi connectivity index (χ2n) is 6.92. The first-order valence-electron chi connectivity index (χ1n) is 9.68. The summed E-state index contributed by atoms with van der Waals surface area (Å²) in [6, 6.07) is 18.1. The molecule has 2 heterocycles. The Morgan fingerprint density at radius 1 is 1.03 bits per heavy atom. The Bertz CT molecular complexity index is 1130. The number of nitrogens with one attached hydrogen (secondary N) is 1. The van der Waals surface area contributed by atoms with Gasteiger partial charge in [-0.25, -0.2) is 14.4 Å². The van der Waals surface area contributed by atoms with Crippen molar-refractivity contribution in [3.05, 3.63) is 69.8 Å². The van der Waals surface area contributed by atoms with Crippen LogP contribution in [0.4, 0.5) is 10.2 Å². The van der Waals surface area contributed by atoms with Gasteiger partial charge in [-0.3, -0.25) is 0 Å². The molecule has 4 nitrogen and oxygen atoms in total. The SMILES string of the molecule is Cc1cc2c(NCCCc3ccc(-c4ccc(OCF)cc4)cc3)nc(Br)nc2s1. The van der Waals surface area contributed by atoms with E-state index in [1.165, 1.54) is 10.4 Å². The van der Waals surface area contributed by atoms with Crippen molar-refractivity contribution in [2.45, 2.75) is 19.8 Å². The van der Waals surface area contributed by atoms with E-state index in [9.17, 15) is 4.39 Å². The highest BCUT2D eigenvalue weighted by Crippen LogP contribution is 2.29. The summed E-state index contributed by atoms with van der Waals surface area (Å²) in [5, 5.41) is 4.53. The molecule has 0 bridgehead atoms. The highest BCUT2D eigenvalue weighted by molar-refractivity contribution is 9.10. The van der Waals surface area contributed by atoms with Crippen molar-refractivity contribution < 1.29 is 9.13 Å². The topological polar surface area (TPSA) is 47.0 Å². The van der Waals surface area contributed by atoms with Gasteiger partial charge in [-0.1, -0.05) is 36.4 Å². The Morgan fingerprint density at radius 2 is 1.73 bits per heavy atom. The minimum absolute atomic E-state index is 0.538. The van der Waals surface area contributed by atoms with Crippen LogP contribution in [-0.2, 0) is 6.42 Å². The lowest BCUT2D eigenvalue weighted by atomic mass is 10.0. The monoisotopic (exact) mass is 485 g/mol. The zero-order valence-corrected chi connectivity index (χ0v) is 18.9. The third kappa shape index (κ3) is 4.96. The van der Waals surface area contributed by atoms with Gasteiger partial charge in [-0.15, -0.1) is 11.3 Å². The normalized spacial score (nSPS) is 11.0. The highest BCUT2D eigenvalue weighted by atomic mass is 79.9. The van der Waals surface area contributed by atoms with Crippen LogP contribution in [-0.4, -0.2) is 23.4 Å². The smallest absolute Gasteiger partial charge is 0.228 e. The second-order valence-corrected chi connectivity index (χ2v) is 8.87. The number of rotatable bonds is 8. The number of alkyl halides is 1. The first-order chi connectivity index (χ1) is 14.6. The molecule has 0 unspecified atom stereocenters. The molecule has 0 aliphatic rings. The van der Waals surface area contributed by atoms with Crippen LogP contribution in [0.25, 0.3) is 21.3 Å². The summed E-state index contributed by atoms with van der Waals surface area (Å²) in [5.41, 5.74) is 3.50. The van der Waals surface area contributed by atoms with E-state index in [1.807, 2.05) is 12.1 Å².